The van der Waals surface area contributed by atoms with Gasteiger partial charge >= 0.3 is 5.76 Å². The number of hydrogen-bond acceptors (Lipinski definition) is 4. The molecule has 1 unspecified atom stereocenters. The number of benzene rings is 1. The van der Waals surface area contributed by atoms with Crippen LogP contribution in [-0.2, 0) is 7.05 Å². The third kappa shape index (κ3) is 2.43. The number of nitrogens with two attached hydrogens (primary N) is 1. The van der Waals surface area contributed by atoms with Crippen molar-refractivity contribution in [2.75, 3.05) is 14.1 Å². The molecule has 0 saturated heterocycles. The molecular formula is C14H21N3O2. The lowest BCUT2D eigenvalue weighted by atomic mass is 9.88. The van der Waals surface area contributed by atoms with Crippen LogP contribution in [-0.4, -0.2) is 29.1 Å². The van der Waals surface area contributed by atoms with Crippen LogP contribution in [0, 0.1) is 0 Å². The molecule has 0 fully saturated rings. The monoisotopic (exact) mass is 263 g/mol. The second kappa shape index (κ2) is 4.51. The van der Waals surface area contributed by atoms with Crippen molar-refractivity contribution in [3.05, 3.63) is 34.3 Å². The fraction of sp³-hybridized carbons (Fsp3) is 0.500. The zero-order valence-corrected chi connectivity index (χ0v) is 12.1. The van der Waals surface area contributed by atoms with Crippen LogP contribution in [0.3, 0.4) is 0 Å². The van der Waals surface area contributed by atoms with Gasteiger partial charge in [0.05, 0.1) is 11.6 Å². The molecule has 0 radical (unpaired) electrons. The first-order valence-electron chi connectivity index (χ1n) is 6.26. The Morgan fingerprint density at radius 1 is 1.37 bits per heavy atom. The molecule has 0 spiro atoms. The molecule has 0 aliphatic carbocycles. The van der Waals surface area contributed by atoms with Crippen LogP contribution < -0.4 is 11.5 Å². The van der Waals surface area contributed by atoms with Crippen LogP contribution in [0.5, 0.6) is 0 Å². The first kappa shape index (κ1) is 13.8. The number of nitrogens with zero attached hydrogens (tertiary/aromatic N) is 2. The minimum absolute atomic E-state index is 0.0439. The van der Waals surface area contributed by atoms with Gasteiger partial charge in [-0.1, -0.05) is 6.07 Å². The van der Waals surface area contributed by atoms with E-state index in [0.29, 0.717) is 5.58 Å². The predicted octanol–water partition coefficient (Wildman–Crippen LogP) is 1.47. The molecule has 5 heteroatoms. The molecule has 2 rings (SSSR count). The van der Waals surface area contributed by atoms with Crippen molar-refractivity contribution in [2.45, 2.75) is 25.4 Å². The first-order valence-corrected chi connectivity index (χ1v) is 6.26. The fourth-order valence-electron chi connectivity index (χ4n) is 2.71. The summed E-state index contributed by atoms with van der Waals surface area (Å²) in [5.74, 6) is -0.347. The van der Waals surface area contributed by atoms with E-state index in [1.54, 1.807) is 7.05 Å². The minimum atomic E-state index is -0.397. The standard InChI is InChI=1S/C14H21N3O2/c1-14(2,15)12(16(3)4)9-6-7-10-11(8-9)19-13(18)17(10)5/h6-8,12H,15H2,1-5H3. The normalized spacial score (nSPS) is 14.3. The van der Waals surface area contributed by atoms with E-state index in [1.807, 2.05) is 46.1 Å². The third-order valence-corrected chi connectivity index (χ3v) is 3.35. The van der Waals surface area contributed by atoms with Gasteiger partial charge in [-0.05, 0) is 45.6 Å². The van der Waals surface area contributed by atoms with E-state index < -0.39 is 5.54 Å². The van der Waals surface area contributed by atoms with Crippen LogP contribution in [0.1, 0.15) is 25.5 Å². The molecule has 1 aromatic heterocycles. The van der Waals surface area contributed by atoms with Gasteiger partial charge in [-0.25, -0.2) is 4.79 Å². The zero-order chi connectivity index (χ0) is 14.4. The van der Waals surface area contributed by atoms with Gasteiger partial charge in [-0.15, -0.1) is 0 Å². The Morgan fingerprint density at radius 3 is 2.53 bits per heavy atom. The van der Waals surface area contributed by atoms with Crippen LogP contribution >= 0.6 is 0 Å². The second-order valence-corrected chi connectivity index (χ2v) is 5.84. The molecule has 1 heterocycles. The topological polar surface area (TPSA) is 64.4 Å². The molecule has 0 aliphatic heterocycles. The smallest absolute Gasteiger partial charge is 0.408 e. The summed E-state index contributed by atoms with van der Waals surface area (Å²) in [7, 11) is 5.68. The molecule has 19 heavy (non-hydrogen) atoms. The molecule has 104 valence electrons. The lowest BCUT2D eigenvalue weighted by Crippen LogP contribution is -2.45. The van der Waals surface area contributed by atoms with E-state index in [4.69, 9.17) is 10.2 Å². The van der Waals surface area contributed by atoms with Gasteiger partial charge in [0.15, 0.2) is 5.58 Å². The van der Waals surface area contributed by atoms with Crippen LogP contribution in [0.15, 0.2) is 27.4 Å². The van der Waals surface area contributed by atoms with Crippen LogP contribution in [0.25, 0.3) is 11.1 Å². The molecule has 0 bridgehead atoms. The number of aryl methyl sites for hydroxylation is 1. The number of hydrogen-bond donors (Lipinski definition) is 1. The summed E-state index contributed by atoms with van der Waals surface area (Å²) in [5.41, 5.74) is 8.29. The Balaban J connectivity index is 2.59. The summed E-state index contributed by atoms with van der Waals surface area (Å²) in [5, 5.41) is 0. The molecule has 0 amide bonds. The SMILES string of the molecule is CN(C)C(c1ccc2c(c1)oc(=O)n2C)C(C)(C)N. The quantitative estimate of drug-likeness (QED) is 0.910. The molecule has 5 nitrogen and oxygen atoms in total. The number of fused-ring (bicyclic) bond motifs is 1. The lowest BCUT2D eigenvalue weighted by Gasteiger charge is -2.36. The van der Waals surface area contributed by atoms with Crippen molar-refractivity contribution in [2.24, 2.45) is 12.8 Å². The van der Waals surface area contributed by atoms with Crippen molar-refractivity contribution < 1.29 is 4.42 Å². The second-order valence-electron chi connectivity index (χ2n) is 5.84. The average Bonchev–Trinajstić information content (AvgIpc) is 2.52. The minimum Gasteiger partial charge on any atom is -0.408 e. The summed E-state index contributed by atoms with van der Waals surface area (Å²) < 4.78 is 6.73. The van der Waals surface area contributed by atoms with Crippen molar-refractivity contribution in [1.29, 1.82) is 0 Å². The predicted molar refractivity (Wildman–Crippen MR) is 76.1 cm³/mol. The Labute approximate surface area is 112 Å². The number of oxazole rings is 1. The summed E-state index contributed by atoms with van der Waals surface area (Å²) in [6.45, 7) is 3.98. The van der Waals surface area contributed by atoms with Crippen molar-refractivity contribution in [1.82, 2.24) is 9.47 Å². The average molecular weight is 263 g/mol. The summed E-state index contributed by atoms with van der Waals surface area (Å²) >= 11 is 0. The highest BCUT2D eigenvalue weighted by molar-refractivity contribution is 5.73. The molecule has 1 atom stereocenters. The third-order valence-electron chi connectivity index (χ3n) is 3.35. The molecule has 0 aliphatic rings. The van der Waals surface area contributed by atoms with E-state index in [0.717, 1.165) is 11.1 Å². The maximum absolute atomic E-state index is 11.5. The zero-order valence-electron chi connectivity index (χ0n) is 12.1. The fourth-order valence-corrected chi connectivity index (χ4v) is 2.71. The molecule has 2 N–H and O–H groups in total. The largest absolute Gasteiger partial charge is 0.419 e. The number of likely N-dealkylation sites (N-methyl/N-ethyl adjacent to an activating group) is 1. The molecule has 2 aromatic rings. The van der Waals surface area contributed by atoms with Gasteiger partial charge < -0.3 is 15.1 Å². The highest BCUT2D eigenvalue weighted by Crippen LogP contribution is 2.30. The Hall–Kier alpha value is -1.59. The van der Waals surface area contributed by atoms with E-state index >= 15 is 0 Å². The van der Waals surface area contributed by atoms with E-state index in [9.17, 15) is 4.79 Å². The molecule has 1 aromatic carbocycles. The van der Waals surface area contributed by atoms with Crippen LogP contribution in [0.2, 0.25) is 0 Å². The van der Waals surface area contributed by atoms with Crippen molar-refractivity contribution >= 4 is 11.1 Å². The van der Waals surface area contributed by atoms with Gasteiger partial charge in [0.25, 0.3) is 0 Å². The van der Waals surface area contributed by atoms with Gasteiger partial charge in [-0.3, -0.25) is 4.57 Å². The summed E-state index contributed by atoms with van der Waals surface area (Å²) in [6.07, 6.45) is 0. The van der Waals surface area contributed by atoms with E-state index in [1.165, 1.54) is 4.57 Å². The highest BCUT2D eigenvalue weighted by atomic mass is 16.4. The van der Waals surface area contributed by atoms with Gasteiger partial charge in [0.1, 0.15) is 0 Å². The highest BCUT2D eigenvalue weighted by Gasteiger charge is 2.29. The van der Waals surface area contributed by atoms with Gasteiger partial charge in [0, 0.05) is 12.6 Å². The molecule has 0 saturated carbocycles. The molecular weight excluding hydrogens is 242 g/mol. The Kier molecular flexibility index (Phi) is 3.28. The first-order chi connectivity index (χ1) is 8.71. The maximum Gasteiger partial charge on any atom is 0.419 e. The van der Waals surface area contributed by atoms with Gasteiger partial charge in [-0.2, -0.15) is 0 Å². The number of rotatable bonds is 3. The summed E-state index contributed by atoms with van der Waals surface area (Å²) in [6, 6.07) is 5.84. The van der Waals surface area contributed by atoms with E-state index in [2.05, 4.69) is 4.90 Å². The maximum atomic E-state index is 11.5. The van der Waals surface area contributed by atoms with Gasteiger partial charge in [0.2, 0.25) is 0 Å². The Bertz CT molecular complexity index is 647. The number of aromatic nitrogens is 1. The Morgan fingerprint density at radius 2 is 2.00 bits per heavy atom. The van der Waals surface area contributed by atoms with Crippen molar-refractivity contribution in [3.8, 4) is 0 Å². The van der Waals surface area contributed by atoms with Crippen LogP contribution in [0.4, 0.5) is 0 Å². The van der Waals surface area contributed by atoms with Crippen molar-refractivity contribution in [3.63, 3.8) is 0 Å². The lowest BCUT2D eigenvalue weighted by molar-refractivity contribution is 0.205. The van der Waals surface area contributed by atoms with E-state index in [-0.39, 0.29) is 11.8 Å². The summed E-state index contributed by atoms with van der Waals surface area (Å²) in [4.78, 5) is 13.6.